The van der Waals surface area contributed by atoms with Crippen LogP contribution >= 0.6 is 23.5 Å². The molecule has 0 spiro atoms. The van der Waals surface area contributed by atoms with E-state index in [-0.39, 0.29) is 68.5 Å². The Morgan fingerprint density at radius 1 is 0.686 bits per heavy atom. The van der Waals surface area contributed by atoms with Crippen molar-refractivity contribution in [3.63, 3.8) is 0 Å². The fourth-order valence-corrected chi connectivity index (χ4v) is 8.63. The molecule has 0 radical (unpaired) electrons. The van der Waals surface area contributed by atoms with Crippen LogP contribution < -0.4 is 10.1 Å². The first-order valence-electron chi connectivity index (χ1n) is 14.0. The quantitative estimate of drug-likeness (QED) is 0.0426. The average Bonchev–Trinajstić information content (AvgIpc) is 3.02. The van der Waals surface area contributed by atoms with Crippen LogP contribution in [0.4, 0.5) is 23.0 Å². The minimum atomic E-state index is -4.87. The van der Waals surface area contributed by atoms with Gasteiger partial charge in [-0.15, -0.1) is 0 Å². The summed E-state index contributed by atoms with van der Waals surface area (Å²) in [7, 11) is -16.6. The molecule has 1 heterocycles. The van der Waals surface area contributed by atoms with E-state index < -0.39 is 61.8 Å². The number of rotatable bonds is 17. The van der Waals surface area contributed by atoms with Crippen molar-refractivity contribution in [3.05, 3.63) is 48.5 Å². The normalized spacial score (nSPS) is 12.8. The Labute approximate surface area is 300 Å². The predicted molar refractivity (Wildman–Crippen MR) is 187 cm³/mol. The SMILES string of the molecule is COc1cc(N=Nc2cc(S(=O)(=O)O)c3cccc(S(=O)(=O)O)c3c2)ccc1Nc1nc(SCCCS(=O)(=O)O)nc(SCCCS(=O)(=O)O)n1. The number of hydrogen-bond acceptors (Lipinski definition) is 17. The molecule has 5 N–H and O–H groups in total. The molecule has 0 aliphatic rings. The second-order valence-corrected chi connectivity index (χ2v) is 18.2. The summed E-state index contributed by atoms with van der Waals surface area (Å²) in [5.41, 5.74) is 0.319. The van der Waals surface area contributed by atoms with Gasteiger partial charge in [-0.1, -0.05) is 35.7 Å². The summed E-state index contributed by atoms with van der Waals surface area (Å²) in [6.45, 7) is 0. The molecule has 0 bridgehead atoms. The fourth-order valence-electron chi connectivity index (χ4n) is 4.22. The zero-order chi connectivity index (χ0) is 37.6. The van der Waals surface area contributed by atoms with Crippen LogP contribution in [0.5, 0.6) is 5.75 Å². The second kappa shape index (κ2) is 16.4. The molecule has 1 aromatic heterocycles. The minimum absolute atomic E-state index is 0.0239. The largest absolute Gasteiger partial charge is 0.494 e. The molecule has 0 saturated carbocycles. The number of nitrogens with one attached hydrogen (secondary N) is 1. The number of ether oxygens (including phenoxy) is 1. The molecule has 3 aromatic carbocycles. The van der Waals surface area contributed by atoms with Gasteiger partial charge in [0.1, 0.15) is 15.5 Å². The topological polar surface area (TPSA) is 302 Å². The van der Waals surface area contributed by atoms with E-state index in [4.69, 9.17) is 13.8 Å². The number of benzene rings is 3. The number of hydrogen-bond donors (Lipinski definition) is 5. The molecule has 0 unspecified atom stereocenters. The maximum atomic E-state index is 12.1. The summed E-state index contributed by atoms with van der Waals surface area (Å²) in [6, 6.07) is 10.0. The van der Waals surface area contributed by atoms with Crippen molar-refractivity contribution in [3.8, 4) is 5.75 Å². The first kappa shape index (κ1) is 40.2. The van der Waals surface area contributed by atoms with E-state index in [0.29, 0.717) is 5.69 Å². The van der Waals surface area contributed by atoms with Crippen molar-refractivity contribution >= 4 is 97.8 Å². The van der Waals surface area contributed by atoms with Gasteiger partial charge in [-0.05, 0) is 43.2 Å². The molecule has 0 saturated heterocycles. The number of anilines is 2. The second-order valence-electron chi connectivity index (χ2n) is 10.2. The van der Waals surface area contributed by atoms with Crippen LogP contribution in [-0.2, 0) is 40.5 Å². The highest BCUT2D eigenvalue weighted by Gasteiger charge is 2.21. The van der Waals surface area contributed by atoms with Gasteiger partial charge in [0.05, 0.1) is 35.7 Å². The van der Waals surface area contributed by atoms with Crippen molar-refractivity contribution < 1.29 is 56.6 Å². The number of fused-ring (bicyclic) bond motifs is 1. The molecule has 0 aliphatic carbocycles. The molecule has 0 fully saturated rings. The van der Waals surface area contributed by atoms with Crippen molar-refractivity contribution in [2.24, 2.45) is 10.2 Å². The molecule has 51 heavy (non-hydrogen) atoms. The lowest BCUT2D eigenvalue weighted by Gasteiger charge is -2.12. The molecule has 4 aromatic rings. The molecule has 0 aliphatic heterocycles. The van der Waals surface area contributed by atoms with E-state index in [1.807, 2.05) is 0 Å². The van der Waals surface area contributed by atoms with Crippen LogP contribution in [0.15, 0.2) is 78.9 Å². The molecule has 0 atom stereocenters. The molecule has 25 heteroatoms. The third-order valence-corrected chi connectivity index (χ3v) is 11.6. The first-order valence-corrected chi connectivity index (χ1v) is 22.1. The monoisotopic (exact) mass is 824 g/mol. The minimum Gasteiger partial charge on any atom is -0.494 e. The Morgan fingerprint density at radius 3 is 1.78 bits per heavy atom. The molecular formula is C26H28N6O13S6. The van der Waals surface area contributed by atoms with E-state index in [2.05, 4.69) is 30.5 Å². The van der Waals surface area contributed by atoms with Gasteiger partial charge in [0.2, 0.25) is 5.95 Å². The maximum absolute atomic E-state index is 12.1. The molecule has 276 valence electrons. The lowest BCUT2D eigenvalue weighted by Crippen LogP contribution is -2.07. The Morgan fingerprint density at radius 2 is 1.25 bits per heavy atom. The zero-order valence-electron chi connectivity index (χ0n) is 26.0. The van der Waals surface area contributed by atoms with Crippen molar-refractivity contribution in [2.45, 2.75) is 32.9 Å². The Bertz CT molecular complexity index is 2350. The fraction of sp³-hybridized carbons (Fsp3) is 0.269. The van der Waals surface area contributed by atoms with Gasteiger partial charge in [0, 0.05) is 28.3 Å². The predicted octanol–water partition coefficient (Wildman–Crippen LogP) is 4.43. The number of nitrogens with zero attached hydrogens (tertiary/aromatic N) is 5. The van der Waals surface area contributed by atoms with Gasteiger partial charge < -0.3 is 10.1 Å². The van der Waals surface area contributed by atoms with Crippen molar-refractivity contribution in [1.82, 2.24) is 15.0 Å². The number of thioether (sulfide) groups is 2. The average molecular weight is 825 g/mol. The van der Waals surface area contributed by atoms with E-state index in [1.165, 1.54) is 43.5 Å². The standard InChI is InChI=1S/C26H28N6O13S6/c1-45-21-14-16(31-32-17-13-19-18(23(15-17)51(42,43)44)5-2-6-22(19)50(39,40)41)7-8-20(21)27-24-28-25(46-9-3-11-48(33,34)35)30-26(29-24)47-10-4-12-49(36,37)38/h2,5-8,13-15H,3-4,9-12H2,1H3,(H,33,34,35)(H,36,37,38)(H,39,40,41)(H,42,43,44)(H,27,28,29,30). The van der Waals surface area contributed by atoms with Crippen LogP contribution in [0.25, 0.3) is 10.8 Å². The van der Waals surface area contributed by atoms with Crippen LogP contribution in [0.3, 0.4) is 0 Å². The van der Waals surface area contributed by atoms with E-state index in [0.717, 1.165) is 35.7 Å². The first-order chi connectivity index (χ1) is 23.7. The van der Waals surface area contributed by atoms with E-state index in [9.17, 15) is 42.8 Å². The summed E-state index contributed by atoms with van der Waals surface area (Å²) in [6.07, 6.45) is 0.188. The molecular weight excluding hydrogens is 797 g/mol. The summed E-state index contributed by atoms with van der Waals surface area (Å²) in [4.78, 5) is 11.7. The number of methoxy groups -OCH3 is 1. The van der Waals surface area contributed by atoms with E-state index in [1.54, 1.807) is 0 Å². The summed E-state index contributed by atoms with van der Waals surface area (Å²) >= 11 is 2.16. The van der Waals surface area contributed by atoms with Crippen molar-refractivity contribution in [1.29, 1.82) is 0 Å². The van der Waals surface area contributed by atoms with E-state index >= 15 is 0 Å². The van der Waals surface area contributed by atoms with Gasteiger partial charge in [0.15, 0.2) is 10.3 Å². The van der Waals surface area contributed by atoms with Gasteiger partial charge in [-0.3, -0.25) is 18.2 Å². The van der Waals surface area contributed by atoms with Gasteiger partial charge >= 0.3 is 0 Å². The highest BCUT2D eigenvalue weighted by Crippen LogP contribution is 2.36. The lowest BCUT2D eigenvalue weighted by molar-refractivity contribution is 0.417. The number of azo groups is 1. The van der Waals surface area contributed by atoms with Crippen LogP contribution in [0, 0.1) is 0 Å². The zero-order valence-corrected chi connectivity index (χ0v) is 30.9. The lowest BCUT2D eigenvalue weighted by atomic mass is 10.1. The summed E-state index contributed by atoms with van der Waals surface area (Å²) in [5, 5.41) is 11.0. The Balaban J connectivity index is 1.62. The van der Waals surface area contributed by atoms with Gasteiger partial charge in [0.25, 0.3) is 40.5 Å². The molecule has 4 rings (SSSR count). The Hall–Kier alpha value is -3.53. The third-order valence-electron chi connectivity index (χ3n) is 6.32. The van der Waals surface area contributed by atoms with Gasteiger partial charge in [-0.25, -0.2) is 0 Å². The van der Waals surface area contributed by atoms with Crippen LogP contribution in [-0.4, -0.2) is 97.0 Å². The number of aromatic nitrogens is 3. The van der Waals surface area contributed by atoms with Crippen molar-refractivity contribution in [2.75, 3.05) is 35.4 Å². The smallest absolute Gasteiger partial charge is 0.295 e. The Kier molecular flexibility index (Phi) is 13.0. The van der Waals surface area contributed by atoms with Gasteiger partial charge in [-0.2, -0.15) is 58.9 Å². The highest BCUT2D eigenvalue weighted by atomic mass is 32.2. The van der Waals surface area contributed by atoms with Crippen LogP contribution in [0.2, 0.25) is 0 Å². The molecule has 0 amide bonds. The summed E-state index contributed by atoms with van der Waals surface area (Å²) < 4.78 is 135. The molecule has 19 nitrogen and oxygen atoms in total. The highest BCUT2D eigenvalue weighted by molar-refractivity contribution is 7.99. The third kappa shape index (κ3) is 12.3. The summed E-state index contributed by atoms with van der Waals surface area (Å²) in [5.74, 6) is -0.276. The maximum Gasteiger partial charge on any atom is 0.295 e. The van der Waals surface area contributed by atoms with Crippen LogP contribution in [0.1, 0.15) is 12.8 Å².